The van der Waals surface area contributed by atoms with Crippen molar-refractivity contribution in [3.63, 3.8) is 0 Å². The normalized spacial score (nSPS) is 11.9. The molecule has 0 amide bonds. The Labute approximate surface area is 298 Å². The SMILES string of the molecule is c1ccc(-n2c3ccccc3c3cccc(N(c4ccc5c(ccc6c7ccccc7ccc56)c4)c4ccc5c(c4)sc4ccccc45)c32)cc1. The van der Waals surface area contributed by atoms with Gasteiger partial charge in [-0.15, -0.1) is 11.3 Å². The minimum absolute atomic E-state index is 1.13. The molecule has 0 saturated heterocycles. The highest BCUT2D eigenvalue weighted by Crippen LogP contribution is 2.46. The number of thiophene rings is 1. The third kappa shape index (κ3) is 4.29. The van der Waals surface area contributed by atoms with Gasteiger partial charge in [-0.3, -0.25) is 0 Å². The number of fused-ring (bicyclic) bond motifs is 11. The lowest BCUT2D eigenvalue weighted by Gasteiger charge is -2.27. The fourth-order valence-electron chi connectivity index (χ4n) is 8.26. The zero-order valence-corrected chi connectivity index (χ0v) is 28.4. The Morgan fingerprint density at radius 1 is 0.373 bits per heavy atom. The van der Waals surface area contributed by atoms with E-state index in [1.807, 2.05) is 11.3 Å². The van der Waals surface area contributed by atoms with Crippen LogP contribution >= 0.6 is 11.3 Å². The molecule has 0 unspecified atom stereocenters. The largest absolute Gasteiger partial charge is 0.308 e. The van der Waals surface area contributed by atoms with E-state index in [0.717, 1.165) is 22.7 Å². The van der Waals surface area contributed by atoms with Crippen LogP contribution in [0, 0.1) is 0 Å². The smallest absolute Gasteiger partial charge is 0.0782 e. The van der Waals surface area contributed by atoms with Crippen LogP contribution in [-0.4, -0.2) is 4.57 Å². The molecular formula is C48H30N2S. The lowest BCUT2D eigenvalue weighted by atomic mass is 9.96. The van der Waals surface area contributed by atoms with Gasteiger partial charge in [-0.1, -0.05) is 127 Å². The second-order valence-electron chi connectivity index (χ2n) is 13.3. The summed E-state index contributed by atoms with van der Waals surface area (Å²) in [6.45, 7) is 0. The Balaban J connectivity index is 1.21. The van der Waals surface area contributed by atoms with Crippen LogP contribution in [0.5, 0.6) is 0 Å². The molecular weight excluding hydrogens is 637 g/mol. The summed E-state index contributed by atoms with van der Waals surface area (Å²) >= 11 is 1.86. The molecule has 0 bridgehead atoms. The van der Waals surface area contributed by atoms with E-state index in [4.69, 9.17) is 0 Å². The van der Waals surface area contributed by atoms with Crippen LogP contribution in [0.4, 0.5) is 17.1 Å². The molecule has 2 nitrogen and oxygen atoms in total. The number of para-hydroxylation sites is 3. The maximum absolute atomic E-state index is 2.47. The van der Waals surface area contributed by atoms with Gasteiger partial charge in [-0.25, -0.2) is 0 Å². The molecule has 0 N–H and O–H groups in total. The van der Waals surface area contributed by atoms with E-state index in [2.05, 4.69) is 191 Å². The van der Waals surface area contributed by atoms with E-state index in [1.54, 1.807) is 0 Å². The fraction of sp³-hybridized carbons (Fsp3) is 0. The van der Waals surface area contributed by atoms with E-state index in [-0.39, 0.29) is 0 Å². The van der Waals surface area contributed by atoms with Crippen molar-refractivity contribution in [2.45, 2.75) is 0 Å². The Bertz CT molecular complexity index is 3150. The second-order valence-corrected chi connectivity index (χ2v) is 14.4. The quantitative estimate of drug-likeness (QED) is 0.170. The van der Waals surface area contributed by atoms with Crippen LogP contribution in [0.2, 0.25) is 0 Å². The van der Waals surface area contributed by atoms with Gasteiger partial charge >= 0.3 is 0 Å². The van der Waals surface area contributed by atoms with Crippen molar-refractivity contribution in [1.82, 2.24) is 4.57 Å². The molecule has 0 spiro atoms. The number of nitrogens with zero attached hydrogens (tertiary/aromatic N) is 2. The summed E-state index contributed by atoms with van der Waals surface area (Å²) in [6, 6.07) is 66.8. The molecule has 0 saturated carbocycles. The minimum atomic E-state index is 1.13. The number of aromatic nitrogens is 1. The van der Waals surface area contributed by atoms with Crippen molar-refractivity contribution in [3.8, 4) is 5.69 Å². The van der Waals surface area contributed by atoms with Crippen LogP contribution < -0.4 is 4.90 Å². The molecule has 9 aromatic carbocycles. The van der Waals surface area contributed by atoms with Gasteiger partial charge < -0.3 is 9.47 Å². The standard InChI is InChI=1S/C48H30N2S/c1-2-12-33(13-3-1)50-44-18-8-6-15-40(44)43-17-10-19-45(48(43)50)49(35-24-28-42-41-16-7-9-20-46(41)51-47(42)30-35)34-23-27-37-32(29-34)22-26-38-36-14-5-4-11-31(36)21-25-39(37)38/h1-30H. The molecule has 11 aromatic rings. The van der Waals surface area contributed by atoms with E-state index in [9.17, 15) is 0 Å². The third-order valence-electron chi connectivity index (χ3n) is 10.5. The first-order chi connectivity index (χ1) is 25.3. The highest BCUT2D eigenvalue weighted by molar-refractivity contribution is 7.25. The molecule has 0 aliphatic carbocycles. The van der Waals surface area contributed by atoms with E-state index < -0.39 is 0 Å². The van der Waals surface area contributed by atoms with Gasteiger partial charge in [0, 0.05) is 48.0 Å². The predicted octanol–water partition coefficient (Wildman–Crippen LogP) is 14.1. The van der Waals surface area contributed by atoms with Crippen molar-refractivity contribution in [1.29, 1.82) is 0 Å². The van der Waals surface area contributed by atoms with Gasteiger partial charge in [-0.05, 0) is 86.9 Å². The first kappa shape index (κ1) is 28.4. The molecule has 0 atom stereocenters. The summed E-state index contributed by atoms with van der Waals surface area (Å²) in [5.41, 5.74) is 6.93. The van der Waals surface area contributed by atoms with Gasteiger partial charge in [0.05, 0.1) is 16.7 Å². The number of anilines is 3. The van der Waals surface area contributed by atoms with Crippen LogP contribution in [0.25, 0.3) is 80.0 Å². The molecule has 3 heteroatoms. The van der Waals surface area contributed by atoms with E-state index in [0.29, 0.717) is 0 Å². The monoisotopic (exact) mass is 666 g/mol. The summed E-state index contributed by atoms with van der Waals surface area (Å²) in [7, 11) is 0. The fourth-order valence-corrected chi connectivity index (χ4v) is 9.40. The van der Waals surface area contributed by atoms with Gasteiger partial charge in [0.15, 0.2) is 0 Å². The van der Waals surface area contributed by atoms with Gasteiger partial charge in [0.2, 0.25) is 0 Å². The second kappa shape index (κ2) is 11.0. The summed E-state index contributed by atoms with van der Waals surface area (Å²) in [6.07, 6.45) is 0. The summed E-state index contributed by atoms with van der Waals surface area (Å²) < 4.78 is 5.03. The topological polar surface area (TPSA) is 8.17 Å². The molecule has 0 radical (unpaired) electrons. The van der Waals surface area contributed by atoms with Crippen LogP contribution in [0.15, 0.2) is 182 Å². The molecule has 0 fully saturated rings. The Morgan fingerprint density at radius 3 is 1.84 bits per heavy atom. The van der Waals surface area contributed by atoms with Gasteiger partial charge in [0.25, 0.3) is 0 Å². The summed E-state index contributed by atoms with van der Waals surface area (Å²) in [4.78, 5) is 2.47. The first-order valence-corrected chi connectivity index (χ1v) is 18.3. The third-order valence-corrected chi connectivity index (χ3v) is 11.7. The minimum Gasteiger partial charge on any atom is -0.308 e. The zero-order chi connectivity index (χ0) is 33.5. The average Bonchev–Trinajstić information content (AvgIpc) is 3.74. The average molecular weight is 667 g/mol. The molecule has 2 heterocycles. The van der Waals surface area contributed by atoms with Crippen molar-refractivity contribution in [3.05, 3.63) is 182 Å². The Morgan fingerprint density at radius 2 is 0.980 bits per heavy atom. The molecule has 238 valence electrons. The zero-order valence-electron chi connectivity index (χ0n) is 27.6. The van der Waals surface area contributed by atoms with Gasteiger partial charge in [0.1, 0.15) is 0 Å². The molecule has 2 aromatic heterocycles. The van der Waals surface area contributed by atoms with Crippen molar-refractivity contribution < 1.29 is 0 Å². The molecule has 0 aliphatic heterocycles. The van der Waals surface area contributed by atoms with Crippen molar-refractivity contribution >= 4 is 103 Å². The lowest BCUT2D eigenvalue weighted by Crippen LogP contribution is -2.11. The van der Waals surface area contributed by atoms with Crippen LogP contribution in [-0.2, 0) is 0 Å². The Hall–Kier alpha value is -6.42. The molecule has 0 aliphatic rings. The van der Waals surface area contributed by atoms with E-state index in [1.165, 1.54) is 74.3 Å². The van der Waals surface area contributed by atoms with Crippen molar-refractivity contribution in [2.75, 3.05) is 4.90 Å². The molecule has 11 rings (SSSR count). The highest BCUT2D eigenvalue weighted by Gasteiger charge is 2.22. The predicted molar refractivity (Wildman–Crippen MR) is 221 cm³/mol. The maximum Gasteiger partial charge on any atom is 0.0782 e. The highest BCUT2D eigenvalue weighted by atomic mass is 32.1. The number of benzene rings is 9. The lowest BCUT2D eigenvalue weighted by molar-refractivity contribution is 1.17. The number of hydrogen-bond acceptors (Lipinski definition) is 2. The summed E-state index contributed by atoms with van der Waals surface area (Å²) in [5, 5.41) is 12.7. The van der Waals surface area contributed by atoms with Crippen LogP contribution in [0.3, 0.4) is 0 Å². The van der Waals surface area contributed by atoms with E-state index >= 15 is 0 Å². The maximum atomic E-state index is 2.47. The van der Waals surface area contributed by atoms with Crippen molar-refractivity contribution in [2.24, 2.45) is 0 Å². The first-order valence-electron chi connectivity index (χ1n) is 17.4. The Kier molecular flexibility index (Phi) is 6.16. The number of hydrogen-bond donors (Lipinski definition) is 0. The summed E-state index contributed by atoms with van der Waals surface area (Å²) in [5.74, 6) is 0. The molecule has 51 heavy (non-hydrogen) atoms. The van der Waals surface area contributed by atoms with Crippen LogP contribution in [0.1, 0.15) is 0 Å². The van der Waals surface area contributed by atoms with Gasteiger partial charge in [-0.2, -0.15) is 0 Å². The number of rotatable bonds is 4.